The van der Waals surface area contributed by atoms with Crippen LogP contribution in [-0.2, 0) is 0 Å². The molecular formula is C20H14N4S2. The lowest BCUT2D eigenvalue weighted by molar-refractivity contribution is 1.26. The number of aromatic nitrogens is 4. The average molecular weight is 374 g/mol. The van der Waals surface area contributed by atoms with Crippen LogP contribution in [0.5, 0.6) is 0 Å². The normalized spacial score (nSPS) is 11.5. The van der Waals surface area contributed by atoms with Crippen molar-refractivity contribution in [1.82, 2.24) is 19.9 Å². The molecule has 0 bridgehead atoms. The zero-order chi connectivity index (χ0) is 17.7. The Bertz CT molecular complexity index is 1090. The molecule has 0 fully saturated rings. The fourth-order valence-electron chi connectivity index (χ4n) is 2.76. The Balaban J connectivity index is 1.60. The first kappa shape index (κ1) is 15.5. The van der Waals surface area contributed by atoms with Crippen LogP contribution in [0.25, 0.3) is 41.8 Å². The zero-order valence-corrected chi connectivity index (χ0v) is 15.9. The second-order valence-electron chi connectivity index (χ2n) is 6.27. The van der Waals surface area contributed by atoms with E-state index in [4.69, 9.17) is 9.97 Å². The van der Waals surface area contributed by atoms with Gasteiger partial charge in [0.15, 0.2) is 0 Å². The van der Waals surface area contributed by atoms with Gasteiger partial charge in [0.2, 0.25) is 0 Å². The molecule has 0 radical (unpaired) electrons. The lowest BCUT2D eigenvalue weighted by Gasteiger charge is -1.95. The predicted molar refractivity (Wildman–Crippen MR) is 109 cm³/mol. The van der Waals surface area contributed by atoms with Gasteiger partial charge in [0.25, 0.3) is 0 Å². The molecular weight excluding hydrogens is 360 g/mol. The van der Waals surface area contributed by atoms with Gasteiger partial charge in [-0.2, -0.15) is 0 Å². The average Bonchev–Trinajstić information content (AvgIpc) is 3.23. The Morgan fingerprint density at radius 1 is 0.654 bits per heavy atom. The topological polar surface area (TPSA) is 51.6 Å². The molecule has 6 heteroatoms. The summed E-state index contributed by atoms with van der Waals surface area (Å²) in [5, 5.41) is 1.89. The van der Waals surface area contributed by atoms with Crippen molar-refractivity contribution in [2.24, 2.45) is 0 Å². The summed E-state index contributed by atoms with van der Waals surface area (Å²) in [6, 6.07) is 12.4. The minimum atomic E-state index is 0.914. The highest BCUT2D eigenvalue weighted by Crippen LogP contribution is 2.35. The van der Waals surface area contributed by atoms with Gasteiger partial charge in [-0.3, -0.25) is 9.97 Å². The van der Waals surface area contributed by atoms with E-state index in [0.29, 0.717) is 0 Å². The van der Waals surface area contributed by atoms with Gasteiger partial charge in [0.1, 0.15) is 10.0 Å². The highest BCUT2D eigenvalue weighted by atomic mass is 32.1. The van der Waals surface area contributed by atoms with Crippen molar-refractivity contribution in [3.8, 4) is 21.4 Å². The van der Waals surface area contributed by atoms with Crippen molar-refractivity contribution >= 4 is 43.1 Å². The molecule has 5 rings (SSSR count). The van der Waals surface area contributed by atoms with Crippen molar-refractivity contribution in [1.29, 1.82) is 0 Å². The molecule has 0 aliphatic carbocycles. The van der Waals surface area contributed by atoms with Crippen LogP contribution in [0.1, 0.15) is 11.1 Å². The van der Waals surface area contributed by atoms with Crippen LogP contribution in [-0.4, -0.2) is 19.9 Å². The zero-order valence-electron chi connectivity index (χ0n) is 14.2. The van der Waals surface area contributed by atoms with Gasteiger partial charge in [-0.05, 0) is 49.2 Å². The minimum absolute atomic E-state index is 0.914. The molecule has 0 amide bonds. The number of hydrogen-bond acceptors (Lipinski definition) is 6. The quantitative estimate of drug-likeness (QED) is 0.401. The van der Waals surface area contributed by atoms with E-state index >= 15 is 0 Å². The van der Waals surface area contributed by atoms with Gasteiger partial charge in [0.05, 0.1) is 31.8 Å². The van der Waals surface area contributed by atoms with Gasteiger partial charge >= 0.3 is 0 Å². The Labute approximate surface area is 158 Å². The van der Waals surface area contributed by atoms with Gasteiger partial charge in [0, 0.05) is 12.4 Å². The van der Waals surface area contributed by atoms with Crippen molar-refractivity contribution < 1.29 is 0 Å². The molecule has 0 atom stereocenters. The third kappa shape index (κ3) is 2.67. The van der Waals surface area contributed by atoms with Crippen molar-refractivity contribution in [2.75, 3.05) is 0 Å². The van der Waals surface area contributed by atoms with Crippen molar-refractivity contribution in [3.63, 3.8) is 0 Å². The molecule has 0 spiro atoms. The fourth-order valence-corrected chi connectivity index (χ4v) is 4.67. The van der Waals surface area contributed by atoms with Crippen LogP contribution in [0.4, 0.5) is 0 Å². The SMILES string of the molecule is Cc1ccc(-c2nc3cc4sc(-c5ccc(C)cn5)nc4cc3s2)nc1. The Kier molecular flexibility index (Phi) is 3.55. The first-order valence-corrected chi connectivity index (χ1v) is 9.86. The van der Waals surface area contributed by atoms with Gasteiger partial charge < -0.3 is 0 Å². The van der Waals surface area contributed by atoms with E-state index < -0.39 is 0 Å². The van der Waals surface area contributed by atoms with Crippen LogP contribution in [0, 0.1) is 13.8 Å². The number of fused-ring (bicyclic) bond motifs is 2. The summed E-state index contributed by atoms with van der Waals surface area (Å²) >= 11 is 3.31. The summed E-state index contributed by atoms with van der Waals surface area (Å²) < 4.78 is 2.26. The standard InChI is InChI=1S/C20H14N4S2/c1-11-3-5-13(21-9-11)19-23-15-7-18-16(8-17(15)25-19)24-20(26-18)14-6-4-12(2)10-22-14/h3-10H,1-2H3. The van der Waals surface area contributed by atoms with Gasteiger partial charge in [-0.1, -0.05) is 12.1 Å². The van der Waals surface area contributed by atoms with Crippen molar-refractivity contribution in [2.45, 2.75) is 13.8 Å². The molecule has 1 aromatic carbocycles. The summed E-state index contributed by atoms with van der Waals surface area (Å²) in [6.07, 6.45) is 3.75. The minimum Gasteiger partial charge on any atom is -0.253 e. The Hall–Kier alpha value is -2.70. The molecule has 0 saturated heterocycles. The van der Waals surface area contributed by atoms with E-state index in [2.05, 4.69) is 34.2 Å². The molecule has 4 aromatic heterocycles. The van der Waals surface area contributed by atoms with E-state index in [0.717, 1.165) is 53.0 Å². The second kappa shape index (κ2) is 5.93. The van der Waals surface area contributed by atoms with E-state index in [1.54, 1.807) is 22.7 Å². The van der Waals surface area contributed by atoms with Crippen LogP contribution >= 0.6 is 22.7 Å². The van der Waals surface area contributed by atoms with E-state index in [-0.39, 0.29) is 0 Å². The molecule has 5 aromatic rings. The van der Waals surface area contributed by atoms with E-state index in [1.807, 2.05) is 38.4 Å². The number of rotatable bonds is 2. The highest BCUT2D eigenvalue weighted by molar-refractivity contribution is 7.23. The first-order valence-electron chi connectivity index (χ1n) is 8.23. The number of aryl methyl sites for hydroxylation is 2. The number of benzene rings is 1. The summed E-state index contributed by atoms with van der Waals surface area (Å²) in [7, 11) is 0. The summed E-state index contributed by atoms with van der Waals surface area (Å²) in [5.41, 5.74) is 6.11. The number of nitrogens with zero attached hydrogens (tertiary/aromatic N) is 4. The van der Waals surface area contributed by atoms with Crippen LogP contribution in [0.15, 0.2) is 48.8 Å². The van der Waals surface area contributed by atoms with Crippen LogP contribution < -0.4 is 0 Å². The molecule has 0 unspecified atom stereocenters. The third-order valence-corrected chi connectivity index (χ3v) is 6.24. The molecule has 0 aliphatic rings. The smallest absolute Gasteiger partial charge is 0.143 e. The number of thiazole rings is 2. The predicted octanol–water partition coefficient (Wildman–Crippen LogP) is 5.65. The molecule has 0 aliphatic heterocycles. The number of pyridine rings is 2. The van der Waals surface area contributed by atoms with Crippen LogP contribution in [0.2, 0.25) is 0 Å². The molecule has 4 nitrogen and oxygen atoms in total. The summed E-state index contributed by atoms with van der Waals surface area (Å²) in [5.74, 6) is 0. The fraction of sp³-hybridized carbons (Fsp3) is 0.100. The third-order valence-electron chi connectivity index (χ3n) is 4.16. The second-order valence-corrected chi connectivity index (χ2v) is 8.33. The maximum atomic E-state index is 4.78. The van der Waals surface area contributed by atoms with Gasteiger partial charge in [-0.15, -0.1) is 22.7 Å². The maximum absolute atomic E-state index is 4.78. The van der Waals surface area contributed by atoms with Crippen molar-refractivity contribution in [3.05, 3.63) is 59.9 Å². The molecule has 0 saturated carbocycles. The Morgan fingerprint density at radius 3 is 1.50 bits per heavy atom. The molecule has 126 valence electrons. The Morgan fingerprint density at radius 2 is 1.12 bits per heavy atom. The number of hydrogen-bond donors (Lipinski definition) is 0. The molecule has 0 N–H and O–H groups in total. The first-order chi connectivity index (χ1) is 12.7. The summed E-state index contributed by atoms with van der Waals surface area (Å²) in [6.45, 7) is 4.07. The van der Waals surface area contributed by atoms with Gasteiger partial charge in [-0.25, -0.2) is 9.97 Å². The van der Waals surface area contributed by atoms with E-state index in [1.165, 1.54) is 0 Å². The highest BCUT2D eigenvalue weighted by Gasteiger charge is 2.12. The molecule has 4 heterocycles. The van der Waals surface area contributed by atoms with E-state index in [9.17, 15) is 0 Å². The monoisotopic (exact) mass is 374 g/mol. The largest absolute Gasteiger partial charge is 0.253 e. The lowest BCUT2D eigenvalue weighted by Crippen LogP contribution is -1.82. The lowest BCUT2D eigenvalue weighted by atomic mass is 10.3. The van der Waals surface area contributed by atoms with Crippen LogP contribution in [0.3, 0.4) is 0 Å². The maximum Gasteiger partial charge on any atom is 0.143 e. The summed E-state index contributed by atoms with van der Waals surface area (Å²) in [4.78, 5) is 18.5. The molecule has 26 heavy (non-hydrogen) atoms.